The summed E-state index contributed by atoms with van der Waals surface area (Å²) in [5, 5.41) is 3.07. The smallest absolute Gasteiger partial charge is 0.409 e. The zero-order valence-electron chi connectivity index (χ0n) is 14.7. The lowest BCUT2D eigenvalue weighted by atomic mass is 10.0. The van der Waals surface area contributed by atoms with Crippen LogP contribution in [-0.2, 0) is 11.2 Å². The van der Waals surface area contributed by atoms with Crippen molar-refractivity contribution in [3.05, 3.63) is 35.4 Å². The van der Waals surface area contributed by atoms with E-state index >= 15 is 0 Å². The standard InChI is InChI=1S/C19H28N2O3/c1-3-5-6-15-7-9-16(10-8-15)18(22)20-17-11-13-21(14-12-17)19(23)24-4-2/h7-10,17H,3-6,11-14H2,1-2H3,(H,20,22). The maximum atomic E-state index is 12.3. The van der Waals surface area contributed by atoms with Crippen molar-refractivity contribution in [2.75, 3.05) is 19.7 Å². The van der Waals surface area contributed by atoms with Gasteiger partial charge in [-0.15, -0.1) is 0 Å². The lowest BCUT2D eigenvalue weighted by Gasteiger charge is -2.31. The van der Waals surface area contributed by atoms with Crippen LogP contribution in [0.3, 0.4) is 0 Å². The molecule has 1 aromatic rings. The Hall–Kier alpha value is -2.04. The Morgan fingerprint density at radius 1 is 1.17 bits per heavy atom. The Balaban J connectivity index is 1.80. The van der Waals surface area contributed by atoms with Crippen molar-refractivity contribution in [2.24, 2.45) is 0 Å². The van der Waals surface area contributed by atoms with Crippen LogP contribution < -0.4 is 5.32 Å². The molecule has 0 aromatic heterocycles. The number of benzene rings is 1. The maximum absolute atomic E-state index is 12.3. The van der Waals surface area contributed by atoms with E-state index in [-0.39, 0.29) is 18.0 Å². The highest BCUT2D eigenvalue weighted by molar-refractivity contribution is 5.94. The fourth-order valence-corrected chi connectivity index (χ4v) is 2.89. The van der Waals surface area contributed by atoms with Crippen LogP contribution in [0.5, 0.6) is 0 Å². The van der Waals surface area contributed by atoms with Crippen LogP contribution in [0.1, 0.15) is 55.5 Å². The molecule has 1 N–H and O–H groups in total. The normalized spacial score (nSPS) is 15.2. The second kappa shape index (κ2) is 9.30. The van der Waals surface area contributed by atoms with Gasteiger partial charge < -0.3 is 15.0 Å². The molecule has 1 aliphatic heterocycles. The van der Waals surface area contributed by atoms with Crippen molar-refractivity contribution in [1.29, 1.82) is 0 Å². The first kappa shape index (κ1) is 18.3. The SMILES string of the molecule is CCCCc1ccc(C(=O)NC2CCN(C(=O)OCC)CC2)cc1. The summed E-state index contributed by atoms with van der Waals surface area (Å²) in [6.45, 7) is 5.62. The number of hydrogen-bond acceptors (Lipinski definition) is 3. The van der Waals surface area contributed by atoms with Crippen molar-refractivity contribution in [1.82, 2.24) is 10.2 Å². The van der Waals surface area contributed by atoms with Crippen molar-refractivity contribution >= 4 is 12.0 Å². The molecule has 5 nitrogen and oxygen atoms in total. The Morgan fingerprint density at radius 2 is 1.83 bits per heavy atom. The van der Waals surface area contributed by atoms with E-state index in [1.807, 2.05) is 24.3 Å². The summed E-state index contributed by atoms with van der Waals surface area (Å²) in [6.07, 6.45) is 4.67. The number of rotatable bonds is 6. The van der Waals surface area contributed by atoms with E-state index in [2.05, 4.69) is 12.2 Å². The number of carbonyl (C=O) groups excluding carboxylic acids is 2. The molecule has 2 amide bonds. The average molecular weight is 332 g/mol. The summed E-state index contributed by atoms with van der Waals surface area (Å²) in [7, 11) is 0. The van der Waals surface area contributed by atoms with Gasteiger partial charge in [0.2, 0.25) is 0 Å². The third kappa shape index (κ3) is 5.25. The van der Waals surface area contributed by atoms with Gasteiger partial charge in [0.05, 0.1) is 6.61 Å². The van der Waals surface area contributed by atoms with Crippen LogP contribution in [0.15, 0.2) is 24.3 Å². The number of piperidine rings is 1. The van der Waals surface area contributed by atoms with Gasteiger partial charge in [-0.05, 0) is 50.3 Å². The molecular weight excluding hydrogens is 304 g/mol. The van der Waals surface area contributed by atoms with Gasteiger partial charge in [0.15, 0.2) is 0 Å². The van der Waals surface area contributed by atoms with E-state index in [9.17, 15) is 9.59 Å². The van der Waals surface area contributed by atoms with E-state index in [0.29, 0.717) is 25.3 Å². The molecule has 1 aliphatic rings. The second-order valence-corrected chi connectivity index (χ2v) is 6.23. The van der Waals surface area contributed by atoms with Crippen LogP contribution in [0.4, 0.5) is 4.79 Å². The number of hydrogen-bond donors (Lipinski definition) is 1. The third-order valence-electron chi connectivity index (χ3n) is 4.39. The molecule has 1 saturated heterocycles. The molecule has 1 heterocycles. The first-order chi connectivity index (χ1) is 11.6. The molecule has 0 unspecified atom stereocenters. The second-order valence-electron chi connectivity index (χ2n) is 6.23. The summed E-state index contributed by atoms with van der Waals surface area (Å²) in [5.74, 6) is -0.0355. The molecule has 24 heavy (non-hydrogen) atoms. The molecule has 0 atom stereocenters. The summed E-state index contributed by atoms with van der Waals surface area (Å²) in [5.41, 5.74) is 1.97. The zero-order valence-corrected chi connectivity index (χ0v) is 14.7. The number of likely N-dealkylation sites (tertiary alicyclic amines) is 1. The van der Waals surface area contributed by atoms with Crippen molar-refractivity contribution < 1.29 is 14.3 Å². The molecule has 1 fully saturated rings. The van der Waals surface area contributed by atoms with Crippen LogP contribution in [0, 0.1) is 0 Å². The third-order valence-corrected chi connectivity index (χ3v) is 4.39. The Kier molecular flexibility index (Phi) is 7.09. The van der Waals surface area contributed by atoms with Gasteiger partial charge in [-0.25, -0.2) is 4.79 Å². The lowest BCUT2D eigenvalue weighted by Crippen LogP contribution is -2.46. The van der Waals surface area contributed by atoms with Crippen LogP contribution in [0.25, 0.3) is 0 Å². The average Bonchev–Trinajstić information content (AvgIpc) is 2.61. The largest absolute Gasteiger partial charge is 0.450 e. The Morgan fingerprint density at radius 3 is 2.42 bits per heavy atom. The van der Waals surface area contributed by atoms with Gasteiger partial charge in [-0.1, -0.05) is 25.5 Å². The number of ether oxygens (including phenoxy) is 1. The van der Waals surface area contributed by atoms with Gasteiger partial charge in [0.1, 0.15) is 0 Å². The number of nitrogens with zero attached hydrogens (tertiary/aromatic N) is 1. The quantitative estimate of drug-likeness (QED) is 0.869. The highest BCUT2D eigenvalue weighted by atomic mass is 16.6. The molecule has 2 rings (SSSR count). The lowest BCUT2D eigenvalue weighted by molar-refractivity contribution is 0.0860. The van der Waals surface area contributed by atoms with Crippen molar-refractivity contribution in [2.45, 2.75) is 52.0 Å². The topological polar surface area (TPSA) is 58.6 Å². The molecule has 132 valence electrons. The Bertz CT molecular complexity index is 534. The van der Waals surface area contributed by atoms with Crippen LogP contribution in [0.2, 0.25) is 0 Å². The summed E-state index contributed by atoms with van der Waals surface area (Å²) in [6, 6.07) is 7.98. The monoisotopic (exact) mass is 332 g/mol. The number of aryl methyl sites for hydroxylation is 1. The fourth-order valence-electron chi connectivity index (χ4n) is 2.89. The number of carbonyl (C=O) groups is 2. The van der Waals surface area contributed by atoms with Crippen molar-refractivity contribution in [3.8, 4) is 0 Å². The highest BCUT2D eigenvalue weighted by Crippen LogP contribution is 2.13. The first-order valence-electron chi connectivity index (χ1n) is 8.95. The molecule has 0 aliphatic carbocycles. The van der Waals surface area contributed by atoms with Crippen LogP contribution in [-0.4, -0.2) is 42.6 Å². The first-order valence-corrected chi connectivity index (χ1v) is 8.95. The minimum atomic E-state index is -0.259. The molecule has 0 saturated carbocycles. The molecule has 0 spiro atoms. The maximum Gasteiger partial charge on any atom is 0.409 e. The van der Waals surface area contributed by atoms with Crippen LogP contribution >= 0.6 is 0 Å². The van der Waals surface area contributed by atoms with Gasteiger partial charge >= 0.3 is 6.09 Å². The highest BCUT2D eigenvalue weighted by Gasteiger charge is 2.24. The molecular formula is C19H28N2O3. The van der Waals surface area contributed by atoms with Gasteiger partial charge in [-0.3, -0.25) is 4.79 Å². The van der Waals surface area contributed by atoms with E-state index in [4.69, 9.17) is 4.74 Å². The zero-order chi connectivity index (χ0) is 17.4. The molecule has 0 bridgehead atoms. The summed E-state index contributed by atoms with van der Waals surface area (Å²) >= 11 is 0. The fraction of sp³-hybridized carbons (Fsp3) is 0.579. The number of nitrogens with one attached hydrogen (secondary N) is 1. The predicted octanol–water partition coefficient (Wildman–Crippen LogP) is 3.38. The van der Waals surface area contributed by atoms with Crippen molar-refractivity contribution in [3.63, 3.8) is 0 Å². The number of unbranched alkanes of at least 4 members (excludes halogenated alkanes) is 1. The predicted molar refractivity (Wildman–Crippen MR) is 94.1 cm³/mol. The number of amides is 2. The van der Waals surface area contributed by atoms with E-state index in [1.165, 1.54) is 18.4 Å². The molecule has 0 radical (unpaired) electrons. The minimum absolute atomic E-state index is 0.0355. The Labute approximate surface area is 144 Å². The molecule has 5 heteroatoms. The van der Waals surface area contributed by atoms with Gasteiger partial charge in [-0.2, -0.15) is 0 Å². The molecule has 1 aromatic carbocycles. The van der Waals surface area contributed by atoms with E-state index in [0.717, 1.165) is 19.3 Å². The minimum Gasteiger partial charge on any atom is -0.450 e. The van der Waals surface area contributed by atoms with E-state index < -0.39 is 0 Å². The summed E-state index contributed by atoms with van der Waals surface area (Å²) in [4.78, 5) is 25.7. The summed E-state index contributed by atoms with van der Waals surface area (Å²) < 4.78 is 5.01. The van der Waals surface area contributed by atoms with Gasteiger partial charge in [0.25, 0.3) is 5.91 Å². The van der Waals surface area contributed by atoms with E-state index in [1.54, 1.807) is 11.8 Å². The van der Waals surface area contributed by atoms with Gasteiger partial charge in [0, 0.05) is 24.7 Å².